The van der Waals surface area contributed by atoms with Crippen molar-refractivity contribution in [3.63, 3.8) is 0 Å². The number of hydrogen-bond donors (Lipinski definition) is 1. The highest BCUT2D eigenvalue weighted by molar-refractivity contribution is 7.92. The SMILES string of the molecule is Cc1ccc(N(CC(=O)N(Cc2ccccc2)C(Cc2ccccc2)C(=O)NC2CCCCC2)S(=O)(=O)c2ccccc2)cc1. The van der Waals surface area contributed by atoms with Gasteiger partial charge in [0.25, 0.3) is 10.0 Å². The molecule has 4 aromatic carbocycles. The summed E-state index contributed by atoms with van der Waals surface area (Å²) in [6, 6.07) is 33.6. The minimum Gasteiger partial charge on any atom is -0.352 e. The molecule has 1 saturated carbocycles. The number of anilines is 1. The van der Waals surface area contributed by atoms with Crippen molar-refractivity contribution in [2.24, 2.45) is 0 Å². The maximum atomic E-state index is 14.5. The van der Waals surface area contributed by atoms with Gasteiger partial charge in [-0.3, -0.25) is 13.9 Å². The van der Waals surface area contributed by atoms with Gasteiger partial charge in [0.15, 0.2) is 0 Å². The molecule has 5 rings (SSSR count). The van der Waals surface area contributed by atoms with Gasteiger partial charge < -0.3 is 10.2 Å². The molecule has 45 heavy (non-hydrogen) atoms. The van der Waals surface area contributed by atoms with Crippen molar-refractivity contribution in [3.05, 3.63) is 132 Å². The van der Waals surface area contributed by atoms with E-state index in [0.717, 1.165) is 53.1 Å². The Hall–Kier alpha value is -4.43. The molecule has 1 fully saturated rings. The van der Waals surface area contributed by atoms with Crippen molar-refractivity contribution in [1.82, 2.24) is 10.2 Å². The van der Waals surface area contributed by atoms with Gasteiger partial charge in [0.05, 0.1) is 10.6 Å². The minimum absolute atomic E-state index is 0.0562. The van der Waals surface area contributed by atoms with Crippen LogP contribution in [0.2, 0.25) is 0 Å². The van der Waals surface area contributed by atoms with E-state index in [1.807, 2.05) is 79.7 Å². The normalized spacial score (nSPS) is 14.3. The Kier molecular flexibility index (Phi) is 10.7. The number of hydrogen-bond acceptors (Lipinski definition) is 4. The average Bonchev–Trinajstić information content (AvgIpc) is 3.07. The van der Waals surface area contributed by atoms with Crippen LogP contribution >= 0.6 is 0 Å². The fourth-order valence-electron chi connectivity index (χ4n) is 5.84. The van der Waals surface area contributed by atoms with Crippen LogP contribution in [0.25, 0.3) is 0 Å². The summed E-state index contributed by atoms with van der Waals surface area (Å²) >= 11 is 0. The molecule has 1 atom stereocenters. The second-order valence-corrected chi connectivity index (χ2v) is 13.6. The van der Waals surface area contributed by atoms with E-state index >= 15 is 0 Å². The van der Waals surface area contributed by atoms with Crippen LogP contribution in [0.15, 0.2) is 120 Å². The first-order valence-electron chi connectivity index (χ1n) is 15.6. The lowest BCUT2D eigenvalue weighted by atomic mass is 9.94. The first kappa shape index (κ1) is 32.0. The smallest absolute Gasteiger partial charge is 0.264 e. The maximum absolute atomic E-state index is 14.5. The lowest BCUT2D eigenvalue weighted by molar-refractivity contribution is -0.140. The summed E-state index contributed by atoms with van der Waals surface area (Å²) < 4.78 is 29.3. The molecule has 0 bridgehead atoms. The zero-order valence-electron chi connectivity index (χ0n) is 25.7. The molecule has 1 aliphatic carbocycles. The van der Waals surface area contributed by atoms with Gasteiger partial charge in [-0.15, -0.1) is 0 Å². The molecule has 0 aliphatic heterocycles. The summed E-state index contributed by atoms with van der Waals surface area (Å²) in [4.78, 5) is 30.3. The minimum atomic E-state index is -4.11. The molecule has 1 unspecified atom stereocenters. The standard InChI is InChI=1S/C37H41N3O4S/c1-29-22-24-33(25-23-29)40(45(43,44)34-20-12-5-13-21-34)28-36(41)39(27-31-16-8-3-9-17-31)35(26-30-14-6-2-7-15-30)37(42)38-32-18-10-4-11-19-32/h2-3,5-9,12-17,20-25,32,35H,4,10-11,18-19,26-28H2,1H3,(H,38,42). The fourth-order valence-corrected chi connectivity index (χ4v) is 7.27. The van der Waals surface area contributed by atoms with E-state index in [-0.39, 0.29) is 23.4 Å². The molecule has 1 N–H and O–H groups in total. The molecular weight excluding hydrogens is 582 g/mol. The number of carbonyl (C=O) groups is 2. The Balaban J connectivity index is 1.54. The van der Waals surface area contributed by atoms with Crippen LogP contribution < -0.4 is 9.62 Å². The Labute approximate surface area is 266 Å². The topological polar surface area (TPSA) is 86.8 Å². The molecule has 234 valence electrons. The molecule has 2 amide bonds. The van der Waals surface area contributed by atoms with Gasteiger partial charge in [-0.2, -0.15) is 0 Å². The largest absolute Gasteiger partial charge is 0.352 e. The molecule has 0 heterocycles. The first-order valence-corrected chi connectivity index (χ1v) is 17.1. The predicted molar refractivity (Wildman–Crippen MR) is 178 cm³/mol. The summed E-state index contributed by atoms with van der Waals surface area (Å²) in [5.74, 6) is -0.679. The number of benzene rings is 4. The van der Waals surface area contributed by atoms with Gasteiger partial charge in [-0.25, -0.2) is 8.42 Å². The van der Waals surface area contributed by atoms with E-state index in [1.165, 1.54) is 12.1 Å². The number of nitrogens with zero attached hydrogens (tertiary/aromatic N) is 2. The van der Waals surface area contributed by atoms with E-state index in [4.69, 9.17) is 0 Å². The molecule has 7 nitrogen and oxygen atoms in total. The number of rotatable bonds is 12. The quantitative estimate of drug-likeness (QED) is 0.201. The lowest BCUT2D eigenvalue weighted by Crippen LogP contribution is -2.55. The predicted octanol–water partition coefficient (Wildman–Crippen LogP) is 6.28. The van der Waals surface area contributed by atoms with E-state index in [2.05, 4.69) is 5.32 Å². The molecule has 0 spiro atoms. The number of carbonyl (C=O) groups excluding carboxylic acids is 2. The van der Waals surface area contributed by atoms with Crippen LogP contribution in [-0.2, 0) is 32.6 Å². The van der Waals surface area contributed by atoms with Crippen LogP contribution in [0.5, 0.6) is 0 Å². The monoisotopic (exact) mass is 623 g/mol. The van der Waals surface area contributed by atoms with Crippen LogP contribution in [0.3, 0.4) is 0 Å². The zero-order chi connectivity index (χ0) is 31.6. The summed E-state index contributed by atoms with van der Waals surface area (Å²) in [5, 5.41) is 3.24. The molecular formula is C37H41N3O4S. The Morgan fingerprint density at radius 1 is 0.756 bits per heavy atom. The molecule has 0 saturated heterocycles. The highest BCUT2D eigenvalue weighted by Crippen LogP contribution is 2.26. The number of aryl methyl sites for hydroxylation is 1. The third kappa shape index (κ3) is 8.39. The van der Waals surface area contributed by atoms with Crippen molar-refractivity contribution in [3.8, 4) is 0 Å². The fraction of sp³-hybridized carbons (Fsp3) is 0.297. The second kappa shape index (κ2) is 15.0. The summed E-state index contributed by atoms with van der Waals surface area (Å²) in [6.07, 6.45) is 5.39. The van der Waals surface area contributed by atoms with Crippen LogP contribution in [0.4, 0.5) is 5.69 Å². The van der Waals surface area contributed by atoms with Gasteiger partial charge in [0.1, 0.15) is 12.6 Å². The Morgan fingerprint density at radius 2 is 1.31 bits per heavy atom. The third-order valence-corrected chi connectivity index (χ3v) is 10.1. The molecule has 8 heteroatoms. The second-order valence-electron chi connectivity index (χ2n) is 11.7. The highest BCUT2D eigenvalue weighted by atomic mass is 32.2. The van der Waals surface area contributed by atoms with E-state index < -0.39 is 28.5 Å². The van der Waals surface area contributed by atoms with Gasteiger partial charge in [-0.05, 0) is 55.2 Å². The van der Waals surface area contributed by atoms with E-state index in [0.29, 0.717) is 12.1 Å². The molecule has 0 radical (unpaired) electrons. The van der Waals surface area contributed by atoms with Crippen LogP contribution in [0.1, 0.15) is 48.8 Å². The summed E-state index contributed by atoms with van der Waals surface area (Å²) in [7, 11) is -4.11. The third-order valence-electron chi connectivity index (χ3n) is 8.35. The van der Waals surface area contributed by atoms with Crippen LogP contribution in [-0.4, -0.2) is 43.8 Å². The number of sulfonamides is 1. The number of amides is 2. The van der Waals surface area contributed by atoms with Crippen molar-refractivity contribution in [2.75, 3.05) is 10.8 Å². The van der Waals surface area contributed by atoms with Crippen molar-refractivity contribution >= 4 is 27.5 Å². The summed E-state index contributed by atoms with van der Waals surface area (Å²) in [6.45, 7) is 1.61. The maximum Gasteiger partial charge on any atom is 0.264 e. The first-order chi connectivity index (χ1) is 21.8. The molecule has 4 aromatic rings. The van der Waals surface area contributed by atoms with Gasteiger partial charge in [0, 0.05) is 19.0 Å². The van der Waals surface area contributed by atoms with Crippen molar-refractivity contribution in [1.29, 1.82) is 0 Å². The molecule has 0 aromatic heterocycles. The highest BCUT2D eigenvalue weighted by Gasteiger charge is 2.35. The Bertz CT molecular complexity index is 1640. The van der Waals surface area contributed by atoms with Gasteiger partial charge in [0.2, 0.25) is 11.8 Å². The lowest BCUT2D eigenvalue weighted by Gasteiger charge is -2.35. The van der Waals surface area contributed by atoms with Crippen molar-refractivity contribution in [2.45, 2.75) is 69.0 Å². The summed E-state index contributed by atoms with van der Waals surface area (Å²) in [5.41, 5.74) is 3.11. The zero-order valence-corrected chi connectivity index (χ0v) is 26.5. The molecule has 1 aliphatic rings. The Morgan fingerprint density at radius 3 is 1.91 bits per heavy atom. The van der Waals surface area contributed by atoms with Gasteiger partial charge in [-0.1, -0.05) is 116 Å². The average molecular weight is 624 g/mol. The van der Waals surface area contributed by atoms with Gasteiger partial charge >= 0.3 is 0 Å². The van der Waals surface area contributed by atoms with Crippen molar-refractivity contribution < 1.29 is 18.0 Å². The van der Waals surface area contributed by atoms with Crippen LogP contribution in [0, 0.1) is 6.92 Å². The van der Waals surface area contributed by atoms with E-state index in [9.17, 15) is 18.0 Å². The van der Waals surface area contributed by atoms with E-state index in [1.54, 1.807) is 35.2 Å². The number of nitrogens with one attached hydrogen (secondary N) is 1.